The Morgan fingerprint density at radius 2 is 2.16 bits per heavy atom. The molecule has 0 bridgehead atoms. The fourth-order valence-corrected chi connectivity index (χ4v) is 2.81. The molecule has 2 aromatic heterocycles. The van der Waals surface area contributed by atoms with Gasteiger partial charge in [0.1, 0.15) is 12.4 Å². The molecule has 25 heavy (non-hydrogen) atoms. The molecule has 0 unspecified atom stereocenters. The number of ether oxygens (including phenoxy) is 1. The summed E-state index contributed by atoms with van der Waals surface area (Å²) in [5.41, 5.74) is 0.597. The molecule has 1 aliphatic rings. The molecule has 1 amide bonds. The topological polar surface area (TPSA) is 96.6 Å². The number of pyridine rings is 1. The van der Waals surface area contributed by atoms with Crippen molar-refractivity contribution in [3.63, 3.8) is 0 Å². The highest BCUT2D eigenvalue weighted by Gasteiger charge is 2.23. The van der Waals surface area contributed by atoms with Gasteiger partial charge in [-0.2, -0.15) is 4.98 Å². The first-order chi connectivity index (χ1) is 12.2. The molecular formula is C16H22N6O3. The van der Waals surface area contributed by atoms with Crippen molar-refractivity contribution < 1.29 is 14.1 Å². The van der Waals surface area contributed by atoms with Crippen LogP contribution >= 0.6 is 0 Å². The number of piperazine rings is 1. The number of hydrogen-bond acceptors (Lipinski definition) is 8. The van der Waals surface area contributed by atoms with Crippen LogP contribution in [0.5, 0.6) is 0 Å². The molecule has 0 aliphatic carbocycles. The van der Waals surface area contributed by atoms with Crippen LogP contribution in [0.15, 0.2) is 22.9 Å². The van der Waals surface area contributed by atoms with E-state index in [1.807, 2.05) is 0 Å². The molecule has 2 aromatic rings. The Bertz CT molecular complexity index is 711. The lowest BCUT2D eigenvalue weighted by molar-refractivity contribution is 0.0963. The van der Waals surface area contributed by atoms with E-state index in [0.29, 0.717) is 30.4 Å². The Labute approximate surface area is 146 Å². The molecule has 0 aromatic carbocycles. The molecule has 1 N–H and O–H groups in total. The summed E-state index contributed by atoms with van der Waals surface area (Å²) in [6, 6.07) is 3.57. The Balaban J connectivity index is 1.59. The monoisotopic (exact) mass is 346 g/mol. The fourth-order valence-electron chi connectivity index (χ4n) is 2.81. The number of aromatic nitrogens is 3. The van der Waals surface area contributed by atoms with Gasteiger partial charge in [-0.1, -0.05) is 5.16 Å². The first kappa shape index (κ1) is 17.3. The summed E-state index contributed by atoms with van der Waals surface area (Å²) < 4.78 is 10.2. The van der Waals surface area contributed by atoms with E-state index in [9.17, 15) is 4.79 Å². The molecule has 9 nitrogen and oxygen atoms in total. The van der Waals surface area contributed by atoms with Gasteiger partial charge in [-0.25, -0.2) is 4.98 Å². The van der Waals surface area contributed by atoms with Gasteiger partial charge in [0.05, 0.1) is 12.1 Å². The first-order valence-corrected chi connectivity index (χ1v) is 8.16. The number of carbonyl (C=O) groups excluding carboxylic acids is 1. The molecule has 1 aliphatic heterocycles. The SMILES string of the molecule is CNC(=O)c1cccnc1N1CCN(Cc2nc(COC)no2)CC1. The highest BCUT2D eigenvalue weighted by atomic mass is 16.5. The van der Waals surface area contributed by atoms with Crippen LogP contribution in [-0.2, 0) is 17.9 Å². The van der Waals surface area contributed by atoms with E-state index in [0.717, 1.165) is 32.0 Å². The van der Waals surface area contributed by atoms with Gasteiger partial charge in [-0.3, -0.25) is 9.69 Å². The van der Waals surface area contributed by atoms with Crippen LogP contribution in [-0.4, -0.2) is 66.3 Å². The minimum Gasteiger partial charge on any atom is -0.377 e. The van der Waals surface area contributed by atoms with Crippen molar-refractivity contribution in [1.82, 2.24) is 25.3 Å². The van der Waals surface area contributed by atoms with Crippen molar-refractivity contribution in [3.05, 3.63) is 35.6 Å². The van der Waals surface area contributed by atoms with Crippen molar-refractivity contribution in [3.8, 4) is 0 Å². The Morgan fingerprint density at radius 1 is 1.36 bits per heavy atom. The minimum atomic E-state index is -0.123. The third-order valence-corrected chi connectivity index (χ3v) is 4.07. The molecule has 3 rings (SSSR count). The number of amides is 1. The van der Waals surface area contributed by atoms with Gasteiger partial charge in [-0.05, 0) is 12.1 Å². The molecule has 1 fully saturated rings. The summed E-state index contributed by atoms with van der Waals surface area (Å²) in [5.74, 6) is 1.74. The minimum absolute atomic E-state index is 0.123. The summed E-state index contributed by atoms with van der Waals surface area (Å²) >= 11 is 0. The fraction of sp³-hybridized carbons (Fsp3) is 0.500. The average Bonchev–Trinajstić information content (AvgIpc) is 3.09. The van der Waals surface area contributed by atoms with Gasteiger partial charge >= 0.3 is 0 Å². The summed E-state index contributed by atoms with van der Waals surface area (Å²) in [7, 11) is 3.22. The lowest BCUT2D eigenvalue weighted by Crippen LogP contribution is -2.47. The zero-order valence-corrected chi connectivity index (χ0v) is 14.4. The Hall–Kier alpha value is -2.52. The Morgan fingerprint density at radius 3 is 2.88 bits per heavy atom. The van der Waals surface area contributed by atoms with E-state index < -0.39 is 0 Å². The van der Waals surface area contributed by atoms with E-state index in [-0.39, 0.29) is 5.91 Å². The number of nitrogens with one attached hydrogen (secondary N) is 1. The predicted molar refractivity (Wildman–Crippen MR) is 90.1 cm³/mol. The van der Waals surface area contributed by atoms with Gasteiger partial charge in [0.2, 0.25) is 5.89 Å². The number of methoxy groups -OCH3 is 1. The standard InChI is InChI=1S/C16H22N6O3/c1-17-16(23)12-4-3-5-18-15(12)22-8-6-21(7-9-22)10-14-19-13(11-24-2)20-25-14/h3-5H,6-11H2,1-2H3,(H,17,23). The third-order valence-electron chi connectivity index (χ3n) is 4.07. The van der Waals surface area contributed by atoms with Gasteiger partial charge in [0.25, 0.3) is 5.91 Å². The maximum absolute atomic E-state index is 12.0. The number of hydrogen-bond donors (Lipinski definition) is 1. The highest BCUT2D eigenvalue weighted by Crippen LogP contribution is 2.19. The Kier molecular flexibility index (Phi) is 5.56. The lowest BCUT2D eigenvalue weighted by atomic mass is 10.2. The van der Waals surface area contributed by atoms with Gasteiger partial charge in [0.15, 0.2) is 5.82 Å². The summed E-state index contributed by atoms with van der Waals surface area (Å²) in [6.07, 6.45) is 1.71. The molecule has 1 saturated heterocycles. The van der Waals surface area contributed by atoms with Crippen LogP contribution in [0.4, 0.5) is 5.82 Å². The molecule has 0 atom stereocenters. The largest absolute Gasteiger partial charge is 0.377 e. The van der Waals surface area contributed by atoms with Crippen LogP contribution in [0.3, 0.4) is 0 Å². The van der Waals surface area contributed by atoms with Gasteiger partial charge < -0.3 is 19.5 Å². The van der Waals surface area contributed by atoms with Crippen LogP contribution in [0.1, 0.15) is 22.1 Å². The van der Waals surface area contributed by atoms with Gasteiger partial charge in [-0.15, -0.1) is 0 Å². The van der Waals surface area contributed by atoms with Crippen molar-refractivity contribution in [1.29, 1.82) is 0 Å². The molecule has 9 heteroatoms. The second-order valence-electron chi connectivity index (χ2n) is 5.75. The molecule has 0 saturated carbocycles. The average molecular weight is 346 g/mol. The van der Waals surface area contributed by atoms with E-state index in [1.165, 1.54) is 0 Å². The van der Waals surface area contributed by atoms with Crippen molar-refractivity contribution in [2.24, 2.45) is 0 Å². The molecule has 3 heterocycles. The maximum atomic E-state index is 12.0. The van der Waals surface area contributed by atoms with Crippen LogP contribution in [0.2, 0.25) is 0 Å². The van der Waals surface area contributed by atoms with Crippen LogP contribution in [0.25, 0.3) is 0 Å². The van der Waals surface area contributed by atoms with Crippen LogP contribution in [0, 0.1) is 0 Å². The molecule has 0 radical (unpaired) electrons. The van der Waals surface area contributed by atoms with Crippen molar-refractivity contribution in [2.45, 2.75) is 13.2 Å². The normalized spacial score (nSPS) is 15.4. The summed E-state index contributed by atoms with van der Waals surface area (Å²) in [5, 5.41) is 6.53. The number of rotatable bonds is 6. The van der Waals surface area contributed by atoms with E-state index in [1.54, 1.807) is 32.5 Å². The summed E-state index contributed by atoms with van der Waals surface area (Å²) in [6.45, 7) is 4.16. The predicted octanol–water partition coefficient (Wildman–Crippen LogP) is 0.293. The smallest absolute Gasteiger partial charge is 0.254 e. The maximum Gasteiger partial charge on any atom is 0.254 e. The molecule has 0 spiro atoms. The van der Waals surface area contributed by atoms with Crippen LogP contribution < -0.4 is 10.2 Å². The highest BCUT2D eigenvalue weighted by molar-refractivity contribution is 5.98. The van der Waals surface area contributed by atoms with Crippen molar-refractivity contribution in [2.75, 3.05) is 45.2 Å². The summed E-state index contributed by atoms with van der Waals surface area (Å²) in [4.78, 5) is 25.1. The van der Waals surface area contributed by atoms with Gasteiger partial charge in [0, 0.05) is 46.5 Å². The number of anilines is 1. The van der Waals surface area contributed by atoms with E-state index >= 15 is 0 Å². The zero-order chi connectivity index (χ0) is 17.6. The van der Waals surface area contributed by atoms with E-state index in [2.05, 4.69) is 30.2 Å². The second kappa shape index (κ2) is 8.04. The molecular weight excluding hydrogens is 324 g/mol. The third kappa shape index (κ3) is 4.12. The molecule has 134 valence electrons. The lowest BCUT2D eigenvalue weighted by Gasteiger charge is -2.35. The van der Waals surface area contributed by atoms with E-state index in [4.69, 9.17) is 9.26 Å². The van der Waals surface area contributed by atoms with Crippen molar-refractivity contribution >= 4 is 11.7 Å². The zero-order valence-electron chi connectivity index (χ0n) is 14.4. The number of carbonyl (C=O) groups is 1. The second-order valence-corrected chi connectivity index (χ2v) is 5.75. The number of nitrogens with zero attached hydrogens (tertiary/aromatic N) is 5. The quantitative estimate of drug-likeness (QED) is 0.797. The first-order valence-electron chi connectivity index (χ1n) is 8.16.